The standard InChI is InChI=1S/C14H14N6O/c21-14(15-7-6-13-16-10-17-19-13)11-8-18-20(9-11)12-4-2-1-3-5-12/h1-5,8-10H,6-7H2,(H,15,21)(H,16,17,19). The highest BCUT2D eigenvalue weighted by molar-refractivity contribution is 5.93. The molecule has 106 valence electrons. The van der Waals surface area contributed by atoms with Gasteiger partial charge in [0.1, 0.15) is 12.2 Å². The summed E-state index contributed by atoms with van der Waals surface area (Å²) >= 11 is 0. The van der Waals surface area contributed by atoms with Crippen molar-refractivity contribution in [2.45, 2.75) is 6.42 Å². The van der Waals surface area contributed by atoms with E-state index < -0.39 is 0 Å². The zero-order chi connectivity index (χ0) is 14.5. The summed E-state index contributed by atoms with van der Waals surface area (Å²) < 4.78 is 1.67. The molecule has 2 heterocycles. The molecule has 2 aromatic heterocycles. The van der Waals surface area contributed by atoms with E-state index in [1.807, 2.05) is 30.3 Å². The summed E-state index contributed by atoms with van der Waals surface area (Å²) in [6.45, 7) is 0.491. The van der Waals surface area contributed by atoms with Crippen LogP contribution in [0.5, 0.6) is 0 Å². The van der Waals surface area contributed by atoms with Gasteiger partial charge >= 0.3 is 0 Å². The molecule has 21 heavy (non-hydrogen) atoms. The van der Waals surface area contributed by atoms with Crippen molar-refractivity contribution in [1.82, 2.24) is 30.3 Å². The molecule has 0 aliphatic carbocycles. The van der Waals surface area contributed by atoms with Gasteiger partial charge < -0.3 is 5.32 Å². The highest BCUT2D eigenvalue weighted by atomic mass is 16.1. The number of aromatic nitrogens is 5. The molecule has 1 aromatic carbocycles. The Morgan fingerprint density at radius 3 is 2.90 bits per heavy atom. The molecule has 7 heteroatoms. The highest BCUT2D eigenvalue weighted by Gasteiger charge is 2.09. The number of benzene rings is 1. The SMILES string of the molecule is O=C(NCCc1ncn[nH]1)c1cnn(-c2ccccc2)c1. The van der Waals surface area contributed by atoms with E-state index in [2.05, 4.69) is 25.6 Å². The van der Waals surface area contributed by atoms with E-state index in [1.54, 1.807) is 17.1 Å². The highest BCUT2D eigenvalue weighted by Crippen LogP contribution is 2.07. The first-order chi connectivity index (χ1) is 10.3. The number of aromatic amines is 1. The maximum Gasteiger partial charge on any atom is 0.254 e. The molecule has 0 spiro atoms. The zero-order valence-electron chi connectivity index (χ0n) is 11.2. The molecule has 0 bridgehead atoms. The smallest absolute Gasteiger partial charge is 0.254 e. The van der Waals surface area contributed by atoms with Crippen molar-refractivity contribution in [3.8, 4) is 5.69 Å². The molecule has 3 aromatic rings. The van der Waals surface area contributed by atoms with Crippen molar-refractivity contribution in [3.05, 3.63) is 60.4 Å². The molecule has 0 unspecified atom stereocenters. The Morgan fingerprint density at radius 1 is 1.29 bits per heavy atom. The van der Waals surface area contributed by atoms with Crippen LogP contribution < -0.4 is 5.32 Å². The van der Waals surface area contributed by atoms with Crippen molar-refractivity contribution in [2.24, 2.45) is 0 Å². The van der Waals surface area contributed by atoms with Gasteiger partial charge in [-0.05, 0) is 12.1 Å². The number of nitrogens with one attached hydrogen (secondary N) is 2. The van der Waals surface area contributed by atoms with Crippen LogP contribution in [0, 0.1) is 0 Å². The molecule has 0 fully saturated rings. The summed E-state index contributed by atoms with van der Waals surface area (Å²) in [5.41, 5.74) is 1.44. The molecule has 1 amide bonds. The lowest BCUT2D eigenvalue weighted by Crippen LogP contribution is -2.25. The normalized spacial score (nSPS) is 10.5. The summed E-state index contributed by atoms with van der Waals surface area (Å²) in [5, 5.41) is 13.5. The molecular weight excluding hydrogens is 268 g/mol. The van der Waals surface area contributed by atoms with Crippen molar-refractivity contribution in [1.29, 1.82) is 0 Å². The van der Waals surface area contributed by atoms with Gasteiger partial charge in [-0.25, -0.2) is 9.67 Å². The van der Waals surface area contributed by atoms with Crippen LogP contribution in [0.15, 0.2) is 49.1 Å². The minimum atomic E-state index is -0.156. The summed E-state index contributed by atoms with van der Waals surface area (Å²) in [7, 11) is 0. The number of para-hydroxylation sites is 1. The molecule has 7 nitrogen and oxygen atoms in total. The number of hydrogen-bond acceptors (Lipinski definition) is 4. The predicted molar refractivity (Wildman–Crippen MR) is 76.0 cm³/mol. The molecule has 0 aliphatic rings. The fourth-order valence-electron chi connectivity index (χ4n) is 1.91. The van der Waals surface area contributed by atoms with Gasteiger partial charge in [0.2, 0.25) is 0 Å². The Labute approximate surface area is 121 Å². The van der Waals surface area contributed by atoms with E-state index in [0.717, 1.165) is 11.5 Å². The largest absolute Gasteiger partial charge is 0.351 e. The Kier molecular flexibility index (Phi) is 3.72. The van der Waals surface area contributed by atoms with Crippen molar-refractivity contribution >= 4 is 5.91 Å². The quantitative estimate of drug-likeness (QED) is 0.729. The minimum Gasteiger partial charge on any atom is -0.351 e. The van der Waals surface area contributed by atoms with Crippen LogP contribution in [0.25, 0.3) is 5.69 Å². The van der Waals surface area contributed by atoms with Crippen LogP contribution in [0.1, 0.15) is 16.2 Å². The van der Waals surface area contributed by atoms with Gasteiger partial charge in [0.25, 0.3) is 5.91 Å². The second kappa shape index (κ2) is 6.00. The molecule has 0 aliphatic heterocycles. The first-order valence-corrected chi connectivity index (χ1v) is 6.55. The van der Waals surface area contributed by atoms with Gasteiger partial charge in [-0.15, -0.1) is 0 Å². The fraction of sp³-hybridized carbons (Fsp3) is 0.143. The summed E-state index contributed by atoms with van der Waals surface area (Å²) in [5.74, 6) is 0.590. The maximum atomic E-state index is 12.0. The van der Waals surface area contributed by atoms with Gasteiger partial charge in [0.15, 0.2) is 0 Å². The third-order valence-electron chi connectivity index (χ3n) is 2.98. The summed E-state index contributed by atoms with van der Waals surface area (Å²) in [6, 6.07) is 9.64. The number of carbonyl (C=O) groups excluding carboxylic acids is 1. The van der Waals surface area contributed by atoms with Crippen LogP contribution in [-0.4, -0.2) is 37.4 Å². The lowest BCUT2D eigenvalue weighted by Gasteiger charge is -2.01. The number of amides is 1. The van der Waals surface area contributed by atoms with Crippen LogP contribution in [0.2, 0.25) is 0 Å². The topological polar surface area (TPSA) is 88.5 Å². The number of carbonyl (C=O) groups is 1. The van der Waals surface area contributed by atoms with Crippen LogP contribution in [-0.2, 0) is 6.42 Å². The van der Waals surface area contributed by atoms with Gasteiger partial charge in [0, 0.05) is 19.2 Å². The first kappa shape index (κ1) is 13.0. The molecular formula is C14H14N6O. The molecule has 0 atom stereocenters. The lowest BCUT2D eigenvalue weighted by molar-refractivity contribution is 0.0954. The summed E-state index contributed by atoms with van der Waals surface area (Å²) in [6.07, 6.45) is 5.31. The summed E-state index contributed by atoms with van der Waals surface area (Å²) in [4.78, 5) is 16.0. The van der Waals surface area contributed by atoms with Crippen LogP contribution in [0.4, 0.5) is 0 Å². The van der Waals surface area contributed by atoms with Gasteiger partial charge in [-0.2, -0.15) is 10.2 Å². The van der Waals surface area contributed by atoms with E-state index in [4.69, 9.17) is 0 Å². The Morgan fingerprint density at radius 2 is 2.14 bits per heavy atom. The van der Waals surface area contributed by atoms with Gasteiger partial charge in [0.05, 0.1) is 17.4 Å². The first-order valence-electron chi connectivity index (χ1n) is 6.55. The van der Waals surface area contributed by atoms with Crippen molar-refractivity contribution in [3.63, 3.8) is 0 Å². The van der Waals surface area contributed by atoms with E-state index in [9.17, 15) is 4.79 Å². The van der Waals surface area contributed by atoms with Crippen LogP contribution >= 0.6 is 0 Å². The number of rotatable bonds is 5. The number of H-pyrrole nitrogens is 1. The average Bonchev–Trinajstić information content (AvgIpc) is 3.20. The van der Waals surface area contributed by atoms with E-state index >= 15 is 0 Å². The van der Waals surface area contributed by atoms with E-state index in [-0.39, 0.29) is 5.91 Å². The lowest BCUT2D eigenvalue weighted by atomic mass is 10.3. The minimum absolute atomic E-state index is 0.156. The van der Waals surface area contributed by atoms with E-state index in [1.165, 1.54) is 6.33 Å². The molecule has 0 radical (unpaired) electrons. The number of nitrogens with zero attached hydrogens (tertiary/aromatic N) is 4. The fourth-order valence-corrected chi connectivity index (χ4v) is 1.91. The second-order valence-corrected chi connectivity index (χ2v) is 4.45. The van der Waals surface area contributed by atoms with Crippen molar-refractivity contribution < 1.29 is 4.79 Å². The second-order valence-electron chi connectivity index (χ2n) is 4.45. The third-order valence-corrected chi connectivity index (χ3v) is 2.98. The zero-order valence-corrected chi connectivity index (χ0v) is 11.2. The van der Waals surface area contributed by atoms with E-state index in [0.29, 0.717) is 18.5 Å². The third kappa shape index (κ3) is 3.14. The Bertz CT molecular complexity index is 704. The average molecular weight is 282 g/mol. The molecule has 0 saturated carbocycles. The monoisotopic (exact) mass is 282 g/mol. The Hall–Kier alpha value is -2.96. The number of hydrogen-bond donors (Lipinski definition) is 2. The van der Waals surface area contributed by atoms with Gasteiger partial charge in [-0.3, -0.25) is 9.89 Å². The maximum absolute atomic E-state index is 12.0. The Balaban J connectivity index is 1.59. The van der Waals surface area contributed by atoms with Gasteiger partial charge in [-0.1, -0.05) is 18.2 Å². The molecule has 2 N–H and O–H groups in total. The molecule has 3 rings (SSSR count). The van der Waals surface area contributed by atoms with Crippen LogP contribution in [0.3, 0.4) is 0 Å². The predicted octanol–water partition coefficient (Wildman–Crippen LogP) is 0.963. The molecule has 0 saturated heterocycles. The van der Waals surface area contributed by atoms with Crippen molar-refractivity contribution in [2.75, 3.05) is 6.54 Å².